The largest absolute Gasteiger partial charge is 0.494 e. The number of hydrogen-bond donors (Lipinski definition) is 1. The average Bonchev–Trinajstić information content (AvgIpc) is 3.32. The molecule has 0 radical (unpaired) electrons. The van der Waals surface area contributed by atoms with Gasteiger partial charge in [-0.25, -0.2) is 18.1 Å². The lowest BCUT2D eigenvalue weighted by atomic mass is 10.3. The van der Waals surface area contributed by atoms with Crippen molar-refractivity contribution in [1.82, 2.24) is 14.3 Å². The van der Waals surface area contributed by atoms with Crippen molar-refractivity contribution in [3.05, 3.63) is 67.3 Å². The summed E-state index contributed by atoms with van der Waals surface area (Å²) in [6, 6.07) is 14.3. The lowest BCUT2D eigenvalue weighted by Gasteiger charge is -2.10. The van der Waals surface area contributed by atoms with E-state index < -0.39 is 10.0 Å². The van der Waals surface area contributed by atoms with Crippen LogP contribution < -0.4 is 14.2 Å². The maximum absolute atomic E-state index is 12.4. The third-order valence-corrected chi connectivity index (χ3v) is 6.15. The number of imidazole rings is 1. The number of nitrogens with one attached hydrogen (secondary N) is 1. The Hall–Kier alpha value is -2.84. The molecular weight excluding hydrogens is 414 g/mol. The summed E-state index contributed by atoms with van der Waals surface area (Å²) < 4.78 is 40.7. The van der Waals surface area contributed by atoms with Crippen molar-refractivity contribution >= 4 is 10.0 Å². The van der Waals surface area contributed by atoms with Gasteiger partial charge in [-0.3, -0.25) is 0 Å². The van der Waals surface area contributed by atoms with Gasteiger partial charge < -0.3 is 14.0 Å². The lowest BCUT2D eigenvalue weighted by molar-refractivity contribution is 0.307. The molecule has 1 heterocycles. The van der Waals surface area contributed by atoms with Gasteiger partial charge in [-0.15, -0.1) is 0 Å². The molecule has 0 saturated heterocycles. The normalized spacial score (nSPS) is 11.4. The van der Waals surface area contributed by atoms with E-state index in [-0.39, 0.29) is 4.90 Å². The van der Waals surface area contributed by atoms with Crippen LogP contribution in [0.1, 0.15) is 32.6 Å². The van der Waals surface area contributed by atoms with Crippen LogP contribution in [0, 0.1) is 0 Å². The van der Waals surface area contributed by atoms with Crippen molar-refractivity contribution in [3.63, 3.8) is 0 Å². The molecule has 0 fully saturated rings. The summed E-state index contributed by atoms with van der Waals surface area (Å²) in [5, 5.41) is 0. The molecule has 166 valence electrons. The van der Waals surface area contributed by atoms with E-state index in [2.05, 4.69) is 16.6 Å². The smallest absolute Gasteiger partial charge is 0.240 e. The third kappa shape index (κ3) is 7.11. The minimum Gasteiger partial charge on any atom is -0.494 e. The summed E-state index contributed by atoms with van der Waals surface area (Å²) in [4.78, 5) is 4.27. The quantitative estimate of drug-likeness (QED) is 0.401. The van der Waals surface area contributed by atoms with Crippen molar-refractivity contribution in [2.45, 2.75) is 37.5 Å². The minimum absolute atomic E-state index is 0.240. The molecule has 8 heteroatoms. The summed E-state index contributed by atoms with van der Waals surface area (Å²) in [5.41, 5.74) is 1.01. The first kappa shape index (κ1) is 22.8. The van der Waals surface area contributed by atoms with Crippen LogP contribution in [-0.2, 0) is 10.0 Å². The highest BCUT2D eigenvalue weighted by Crippen LogP contribution is 2.17. The predicted molar refractivity (Wildman–Crippen MR) is 120 cm³/mol. The van der Waals surface area contributed by atoms with Gasteiger partial charge in [-0.2, -0.15) is 0 Å². The Morgan fingerprint density at radius 2 is 1.55 bits per heavy atom. The fourth-order valence-electron chi connectivity index (χ4n) is 2.88. The second-order valence-electron chi connectivity index (χ2n) is 7.09. The van der Waals surface area contributed by atoms with Gasteiger partial charge in [0.25, 0.3) is 0 Å². The Labute approximate surface area is 184 Å². The molecule has 1 N–H and O–H groups in total. The molecule has 0 spiro atoms. The van der Waals surface area contributed by atoms with E-state index in [9.17, 15) is 8.42 Å². The van der Waals surface area contributed by atoms with Crippen LogP contribution in [0.2, 0.25) is 0 Å². The van der Waals surface area contributed by atoms with Crippen molar-refractivity contribution in [1.29, 1.82) is 0 Å². The van der Waals surface area contributed by atoms with E-state index in [4.69, 9.17) is 9.47 Å². The zero-order valence-electron chi connectivity index (χ0n) is 17.7. The highest BCUT2D eigenvalue weighted by atomic mass is 32.2. The number of aromatic nitrogens is 2. The zero-order valence-corrected chi connectivity index (χ0v) is 18.6. The van der Waals surface area contributed by atoms with Crippen LogP contribution in [0.15, 0.2) is 72.1 Å². The second-order valence-corrected chi connectivity index (χ2v) is 8.86. The zero-order chi connectivity index (χ0) is 21.9. The molecule has 1 aromatic heterocycles. The predicted octanol–water partition coefficient (Wildman–Crippen LogP) is 4.19. The Balaban J connectivity index is 1.35. The number of rotatable bonds is 13. The fraction of sp³-hybridized carbons (Fsp3) is 0.348. The molecule has 0 aliphatic carbocycles. The number of nitrogens with zero attached hydrogens (tertiary/aromatic N) is 2. The fourth-order valence-corrected chi connectivity index (χ4v) is 3.96. The summed E-state index contributed by atoms with van der Waals surface area (Å²) >= 11 is 0. The minimum atomic E-state index is -3.52. The number of sulfonamides is 1. The third-order valence-electron chi connectivity index (χ3n) is 4.67. The van der Waals surface area contributed by atoms with Crippen LogP contribution in [0.25, 0.3) is 5.69 Å². The van der Waals surface area contributed by atoms with E-state index in [0.717, 1.165) is 30.7 Å². The number of ether oxygens (including phenoxy) is 2. The molecule has 0 bridgehead atoms. The van der Waals surface area contributed by atoms with Crippen LogP contribution in [0.4, 0.5) is 0 Å². The summed E-state index contributed by atoms with van der Waals surface area (Å²) in [5.74, 6) is 1.47. The van der Waals surface area contributed by atoms with Gasteiger partial charge in [0.2, 0.25) is 10.0 Å². The molecular formula is C23H29N3O4S. The maximum atomic E-state index is 12.4. The van der Waals surface area contributed by atoms with E-state index >= 15 is 0 Å². The topological polar surface area (TPSA) is 82.5 Å². The molecule has 0 aliphatic heterocycles. The van der Waals surface area contributed by atoms with Gasteiger partial charge >= 0.3 is 0 Å². The van der Waals surface area contributed by atoms with Gasteiger partial charge in [0.1, 0.15) is 11.5 Å². The molecule has 2 aromatic carbocycles. The van der Waals surface area contributed by atoms with E-state index in [1.54, 1.807) is 36.8 Å². The van der Waals surface area contributed by atoms with Gasteiger partial charge in [-0.05, 0) is 67.8 Å². The first-order chi connectivity index (χ1) is 15.1. The summed E-state index contributed by atoms with van der Waals surface area (Å²) in [6.45, 7) is 3.62. The summed E-state index contributed by atoms with van der Waals surface area (Å²) in [6.07, 6.45) is 8.82. The van der Waals surface area contributed by atoms with Crippen LogP contribution in [-0.4, -0.2) is 37.7 Å². The second kappa shape index (κ2) is 11.5. The van der Waals surface area contributed by atoms with Crippen LogP contribution >= 0.6 is 0 Å². The molecule has 31 heavy (non-hydrogen) atoms. The lowest BCUT2D eigenvalue weighted by Crippen LogP contribution is -2.25. The van der Waals surface area contributed by atoms with Crippen molar-refractivity contribution < 1.29 is 17.9 Å². The standard InChI is InChI=1S/C23H29N3O4S/c1-2-3-17-29-22-10-12-23(13-11-22)31(27,28)25-14-4-5-18-30-21-8-6-20(7-9-21)26-16-15-24-19-26/h6-13,15-16,19,25H,2-5,14,17-18H2,1H3. The van der Waals surface area contributed by atoms with Gasteiger partial charge in [0.15, 0.2) is 0 Å². The molecule has 3 rings (SSSR count). The average molecular weight is 444 g/mol. The number of unbranched alkanes of at least 4 members (excludes halogenated alkanes) is 2. The van der Waals surface area contributed by atoms with E-state index in [1.165, 1.54) is 0 Å². The molecule has 3 aromatic rings. The Bertz CT molecular complexity index is 1000. The molecule has 0 amide bonds. The SMILES string of the molecule is CCCCOc1ccc(S(=O)(=O)NCCCCOc2ccc(-n3ccnc3)cc2)cc1. The Morgan fingerprint density at radius 3 is 2.16 bits per heavy atom. The van der Waals surface area contributed by atoms with Gasteiger partial charge in [0, 0.05) is 24.6 Å². The van der Waals surface area contributed by atoms with Crippen molar-refractivity contribution in [3.8, 4) is 17.2 Å². The van der Waals surface area contributed by atoms with Crippen molar-refractivity contribution in [2.24, 2.45) is 0 Å². The van der Waals surface area contributed by atoms with Gasteiger partial charge in [0.05, 0.1) is 24.4 Å². The summed E-state index contributed by atoms with van der Waals surface area (Å²) in [7, 11) is -3.52. The first-order valence-corrected chi connectivity index (χ1v) is 12.0. The van der Waals surface area contributed by atoms with Gasteiger partial charge in [-0.1, -0.05) is 13.3 Å². The molecule has 0 unspecified atom stereocenters. The highest BCUT2D eigenvalue weighted by Gasteiger charge is 2.13. The molecule has 0 atom stereocenters. The molecule has 7 nitrogen and oxygen atoms in total. The van der Waals surface area contributed by atoms with Crippen molar-refractivity contribution in [2.75, 3.05) is 19.8 Å². The Morgan fingerprint density at radius 1 is 0.903 bits per heavy atom. The number of benzene rings is 2. The van der Waals surface area contributed by atoms with E-state index in [1.807, 2.05) is 35.0 Å². The Kier molecular flexibility index (Phi) is 8.49. The van der Waals surface area contributed by atoms with E-state index in [0.29, 0.717) is 31.9 Å². The monoisotopic (exact) mass is 443 g/mol. The molecule has 0 saturated carbocycles. The number of hydrogen-bond acceptors (Lipinski definition) is 5. The highest BCUT2D eigenvalue weighted by molar-refractivity contribution is 7.89. The maximum Gasteiger partial charge on any atom is 0.240 e. The van der Waals surface area contributed by atoms with Crippen LogP contribution in [0.3, 0.4) is 0 Å². The first-order valence-electron chi connectivity index (χ1n) is 10.5. The van der Waals surface area contributed by atoms with Crippen LogP contribution in [0.5, 0.6) is 11.5 Å². The molecule has 0 aliphatic rings.